The van der Waals surface area contributed by atoms with E-state index in [9.17, 15) is 4.79 Å². The molecule has 0 aliphatic heterocycles. The molecule has 0 fully saturated rings. The van der Waals surface area contributed by atoms with Crippen molar-refractivity contribution in [3.05, 3.63) is 68.2 Å². The number of halogens is 2. The lowest BCUT2D eigenvalue weighted by molar-refractivity contribution is 0.414. The molecule has 0 unspecified atom stereocenters. The Morgan fingerprint density at radius 3 is 2.75 bits per heavy atom. The van der Waals surface area contributed by atoms with Gasteiger partial charge < -0.3 is 4.74 Å². The van der Waals surface area contributed by atoms with Gasteiger partial charge in [0.15, 0.2) is 0 Å². The van der Waals surface area contributed by atoms with E-state index >= 15 is 0 Å². The van der Waals surface area contributed by atoms with Crippen LogP contribution < -0.4 is 10.3 Å². The highest BCUT2D eigenvalue weighted by atomic mass is 35.5. The maximum atomic E-state index is 12.6. The SMILES string of the molecule is COc1c(Cl)cc(Cl)cc1C=Nn1c(C)nc2ccccc2c1=O. The summed E-state index contributed by atoms with van der Waals surface area (Å²) in [5.74, 6) is 0.909. The van der Waals surface area contributed by atoms with Crippen LogP contribution in [-0.2, 0) is 0 Å². The first-order valence-corrected chi connectivity index (χ1v) is 7.82. The van der Waals surface area contributed by atoms with E-state index in [1.165, 1.54) is 18.0 Å². The molecular formula is C17H13Cl2N3O2. The van der Waals surface area contributed by atoms with Crippen molar-refractivity contribution in [3.63, 3.8) is 0 Å². The van der Waals surface area contributed by atoms with E-state index in [1.807, 2.05) is 6.07 Å². The van der Waals surface area contributed by atoms with Crippen molar-refractivity contribution in [2.45, 2.75) is 6.92 Å². The molecule has 1 heterocycles. The minimum Gasteiger partial charge on any atom is -0.495 e. The number of nitrogens with zero attached hydrogens (tertiary/aromatic N) is 3. The smallest absolute Gasteiger partial charge is 0.282 e. The molecule has 0 aliphatic rings. The number of hydrogen-bond donors (Lipinski definition) is 0. The van der Waals surface area contributed by atoms with Crippen LogP contribution in [-0.4, -0.2) is 23.0 Å². The number of hydrogen-bond acceptors (Lipinski definition) is 4. The zero-order valence-corrected chi connectivity index (χ0v) is 14.5. The minimum absolute atomic E-state index is 0.249. The molecular weight excluding hydrogens is 349 g/mol. The van der Waals surface area contributed by atoms with Gasteiger partial charge in [0.1, 0.15) is 11.6 Å². The van der Waals surface area contributed by atoms with Crippen molar-refractivity contribution in [1.82, 2.24) is 9.66 Å². The van der Waals surface area contributed by atoms with Crippen molar-refractivity contribution in [2.24, 2.45) is 5.10 Å². The second-order valence-corrected chi connectivity index (χ2v) is 5.89. The van der Waals surface area contributed by atoms with Crippen LogP contribution >= 0.6 is 23.2 Å². The molecule has 0 spiro atoms. The second kappa shape index (κ2) is 6.63. The molecule has 1 aromatic heterocycles. The van der Waals surface area contributed by atoms with Gasteiger partial charge in [-0.3, -0.25) is 4.79 Å². The molecule has 0 N–H and O–H groups in total. The fourth-order valence-corrected chi connectivity index (χ4v) is 2.97. The predicted octanol–water partition coefficient (Wildman–Crippen LogP) is 3.90. The Morgan fingerprint density at radius 1 is 1.25 bits per heavy atom. The molecule has 3 aromatic rings. The van der Waals surface area contributed by atoms with E-state index in [2.05, 4.69) is 10.1 Å². The van der Waals surface area contributed by atoms with Crippen molar-refractivity contribution < 1.29 is 4.74 Å². The lowest BCUT2D eigenvalue weighted by Crippen LogP contribution is -2.20. The molecule has 0 aliphatic carbocycles. The lowest BCUT2D eigenvalue weighted by Gasteiger charge is -2.08. The number of ether oxygens (including phenoxy) is 1. The van der Waals surface area contributed by atoms with Crippen molar-refractivity contribution in [2.75, 3.05) is 7.11 Å². The first-order valence-electron chi connectivity index (χ1n) is 7.07. The highest BCUT2D eigenvalue weighted by molar-refractivity contribution is 6.36. The van der Waals surface area contributed by atoms with Gasteiger partial charge in [0, 0.05) is 10.6 Å². The van der Waals surface area contributed by atoms with Crippen LogP contribution in [0.3, 0.4) is 0 Å². The van der Waals surface area contributed by atoms with Crippen LogP contribution in [0.25, 0.3) is 10.9 Å². The fraction of sp³-hybridized carbons (Fsp3) is 0.118. The second-order valence-electron chi connectivity index (χ2n) is 5.05. The molecule has 0 radical (unpaired) electrons. The molecule has 7 heteroatoms. The van der Waals surface area contributed by atoms with Gasteiger partial charge in [-0.2, -0.15) is 9.78 Å². The van der Waals surface area contributed by atoms with E-state index < -0.39 is 0 Å². The third kappa shape index (κ3) is 3.00. The van der Waals surface area contributed by atoms with Gasteiger partial charge in [-0.05, 0) is 31.2 Å². The Morgan fingerprint density at radius 2 is 2.00 bits per heavy atom. The Hall–Kier alpha value is -2.37. The summed E-state index contributed by atoms with van der Waals surface area (Å²) >= 11 is 12.1. The van der Waals surface area contributed by atoms with Crippen LogP contribution in [0.5, 0.6) is 5.75 Å². The first-order chi connectivity index (χ1) is 11.5. The van der Waals surface area contributed by atoms with Gasteiger partial charge >= 0.3 is 0 Å². The Bertz CT molecular complexity index is 1010. The molecule has 0 saturated heterocycles. The van der Waals surface area contributed by atoms with Gasteiger partial charge in [0.2, 0.25) is 0 Å². The number of para-hydroxylation sites is 1. The van der Waals surface area contributed by atoms with Crippen molar-refractivity contribution >= 4 is 40.3 Å². The molecule has 122 valence electrons. The number of aromatic nitrogens is 2. The highest BCUT2D eigenvalue weighted by Gasteiger charge is 2.10. The summed E-state index contributed by atoms with van der Waals surface area (Å²) in [6.45, 7) is 1.72. The molecule has 0 amide bonds. The van der Waals surface area contributed by atoms with Crippen molar-refractivity contribution in [1.29, 1.82) is 0 Å². The molecule has 0 saturated carbocycles. The van der Waals surface area contributed by atoms with Gasteiger partial charge in [0.25, 0.3) is 5.56 Å². The van der Waals surface area contributed by atoms with E-state index in [0.29, 0.717) is 38.1 Å². The van der Waals surface area contributed by atoms with E-state index in [-0.39, 0.29) is 5.56 Å². The maximum Gasteiger partial charge on any atom is 0.282 e. The van der Waals surface area contributed by atoms with Crippen LogP contribution in [0.4, 0.5) is 0 Å². The monoisotopic (exact) mass is 361 g/mol. The Labute approximate surface area is 148 Å². The van der Waals surface area contributed by atoms with Gasteiger partial charge in [0.05, 0.1) is 29.2 Å². The van der Waals surface area contributed by atoms with Gasteiger partial charge in [-0.15, -0.1) is 0 Å². The number of fused-ring (bicyclic) bond motifs is 1. The summed E-state index contributed by atoms with van der Waals surface area (Å²) in [4.78, 5) is 17.0. The third-order valence-corrected chi connectivity index (χ3v) is 3.97. The predicted molar refractivity (Wildman–Crippen MR) is 96.7 cm³/mol. The van der Waals surface area contributed by atoms with Crippen LogP contribution in [0.1, 0.15) is 11.4 Å². The van der Waals surface area contributed by atoms with Gasteiger partial charge in [-0.25, -0.2) is 4.98 Å². The quantitative estimate of drug-likeness (QED) is 0.664. The van der Waals surface area contributed by atoms with Crippen LogP contribution in [0.2, 0.25) is 10.0 Å². The molecule has 5 nitrogen and oxygen atoms in total. The number of benzene rings is 2. The summed E-state index contributed by atoms with van der Waals surface area (Å²) in [6, 6.07) is 10.4. The summed E-state index contributed by atoms with van der Waals surface area (Å²) in [6.07, 6.45) is 1.47. The minimum atomic E-state index is -0.249. The van der Waals surface area contributed by atoms with Crippen molar-refractivity contribution in [3.8, 4) is 5.75 Å². The molecule has 0 atom stereocenters. The summed E-state index contributed by atoms with van der Waals surface area (Å²) in [7, 11) is 1.50. The lowest BCUT2D eigenvalue weighted by atomic mass is 10.2. The van der Waals surface area contributed by atoms with Crippen LogP contribution in [0.15, 0.2) is 46.3 Å². The summed E-state index contributed by atoms with van der Waals surface area (Å²) in [5, 5.41) is 5.55. The number of aryl methyl sites for hydroxylation is 1. The summed E-state index contributed by atoms with van der Waals surface area (Å²) in [5.41, 5.74) is 0.950. The topological polar surface area (TPSA) is 56.5 Å². The van der Waals surface area contributed by atoms with Crippen LogP contribution in [0, 0.1) is 6.92 Å². The van der Waals surface area contributed by atoms with E-state index in [4.69, 9.17) is 27.9 Å². The zero-order valence-electron chi connectivity index (χ0n) is 13.0. The average Bonchev–Trinajstić information content (AvgIpc) is 2.54. The normalized spacial score (nSPS) is 11.3. The Kier molecular flexibility index (Phi) is 4.55. The zero-order chi connectivity index (χ0) is 17.3. The molecule has 3 rings (SSSR count). The van der Waals surface area contributed by atoms with Gasteiger partial charge in [-0.1, -0.05) is 35.3 Å². The molecule has 0 bridgehead atoms. The number of rotatable bonds is 3. The Balaban J connectivity index is 2.14. The summed E-state index contributed by atoms with van der Waals surface area (Å²) < 4.78 is 6.50. The fourth-order valence-electron chi connectivity index (χ4n) is 2.38. The highest BCUT2D eigenvalue weighted by Crippen LogP contribution is 2.31. The van der Waals surface area contributed by atoms with E-state index in [0.717, 1.165) is 0 Å². The molecule has 24 heavy (non-hydrogen) atoms. The molecule has 2 aromatic carbocycles. The number of methoxy groups -OCH3 is 1. The first kappa shape index (κ1) is 16.5. The van der Waals surface area contributed by atoms with E-state index in [1.54, 1.807) is 37.3 Å². The average molecular weight is 362 g/mol. The standard InChI is InChI=1S/C17H13Cl2N3O2/c1-10-21-15-6-4-3-5-13(15)17(23)22(10)20-9-11-7-12(18)8-14(19)16(11)24-2/h3-9H,1-2H3. The largest absolute Gasteiger partial charge is 0.495 e. The maximum absolute atomic E-state index is 12.6. The third-order valence-electron chi connectivity index (χ3n) is 3.47.